The first-order valence-corrected chi connectivity index (χ1v) is 2.93. The molecule has 1 rings (SSSR count). The lowest BCUT2D eigenvalue weighted by Gasteiger charge is -2.02. The maximum absolute atomic E-state index is 12.8. The lowest BCUT2D eigenvalue weighted by atomic mass is 9.93. The molecule has 1 aromatic carbocycles. The molecule has 0 heterocycles. The Labute approximate surface area is 60.5 Å². The molecular weight excluding hydrogens is 128 g/mol. The van der Waals surface area contributed by atoms with E-state index >= 15 is 0 Å². The molecule has 0 aliphatic carbocycles. The molecule has 50 valence electrons. The van der Waals surface area contributed by atoms with Crippen molar-refractivity contribution in [2.75, 3.05) is 5.73 Å². The minimum atomic E-state index is -0.417. The zero-order valence-electron chi connectivity index (χ0n) is 5.69. The summed E-state index contributed by atoms with van der Waals surface area (Å²) in [6.07, 6.45) is 0. The summed E-state index contributed by atoms with van der Waals surface area (Å²) in [6, 6.07) is 3.05. The standard InChI is InChI=1S/C7H7BFN/c1-4-6(10)3-2-5(8)7(4)9/h2-3H,10H2,1H3. The Bertz CT molecular complexity index is 233. The zero-order valence-corrected chi connectivity index (χ0v) is 5.69. The number of nitrogen functional groups attached to an aromatic ring is 1. The van der Waals surface area contributed by atoms with Crippen LogP contribution in [0.15, 0.2) is 12.1 Å². The topological polar surface area (TPSA) is 26.0 Å². The van der Waals surface area contributed by atoms with Gasteiger partial charge in [-0.25, -0.2) is 4.39 Å². The SMILES string of the molecule is [B]c1ccc(N)c(C)c1F. The van der Waals surface area contributed by atoms with E-state index in [0.717, 1.165) is 0 Å². The predicted octanol–water partition coefficient (Wildman–Crippen LogP) is 0.510. The molecule has 0 spiro atoms. The molecule has 0 unspecified atom stereocenters. The quantitative estimate of drug-likeness (QED) is 0.407. The Kier molecular flexibility index (Phi) is 1.66. The molecule has 2 N–H and O–H groups in total. The highest BCUT2D eigenvalue weighted by molar-refractivity contribution is 6.32. The molecule has 0 aliphatic rings. The average Bonchev–Trinajstić information content (AvgIpc) is 1.93. The molecule has 0 fully saturated rings. The Morgan fingerprint density at radius 2 is 2.10 bits per heavy atom. The van der Waals surface area contributed by atoms with Gasteiger partial charge in [-0.15, -0.1) is 0 Å². The van der Waals surface area contributed by atoms with Crippen molar-refractivity contribution in [2.24, 2.45) is 0 Å². The zero-order chi connectivity index (χ0) is 7.72. The van der Waals surface area contributed by atoms with Gasteiger partial charge in [-0.3, -0.25) is 0 Å². The fourth-order valence-corrected chi connectivity index (χ4v) is 0.721. The van der Waals surface area contributed by atoms with Crippen LogP contribution in [0.4, 0.5) is 10.1 Å². The van der Waals surface area contributed by atoms with Gasteiger partial charge in [-0.05, 0) is 13.0 Å². The first kappa shape index (κ1) is 7.13. The van der Waals surface area contributed by atoms with E-state index in [0.29, 0.717) is 11.3 Å². The molecule has 0 aliphatic heterocycles. The minimum absolute atomic E-state index is 0.145. The van der Waals surface area contributed by atoms with Gasteiger partial charge in [0.25, 0.3) is 0 Å². The molecular formula is C7H7BFN. The summed E-state index contributed by atoms with van der Waals surface area (Å²) >= 11 is 0. The van der Waals surface area contributed by atoms with Crippen LogP contribution in [0.25, 0.3) is 0 Å². The second-order valence-corrected chi connectivity index (χ2v) is 2.18. The van der Waals surface area contributed by atoms with Crippen molar-refractivity contribution in [3.05, 3.63) is 23.5 Å². The first-order valence-electron chi connectivity index (χ1n) is 2.93. The highest BCUT2D eigenvalue weighted by Crippen LogP contribution is 2.10. The van der Waals surface area contributed by atoms with E-state index in [4.69, 9.17) is 13.6 Å². The second kappa shape index (κ2) is 2.33. The fraction of sp³-hybridized carbons (Fsp3) is 0.143. The van der Waals surface area contributed by atoms with Gasteiger partial charge in [0.1, 0.15) is 13.7 Å². The maximum Gasteiger partial charge on any atom is 0.121 e. The molecule has 10 heavy (non-hydrogen) atoms. The Morgan fingerprint density at radius 1 is 1.50 bits per heavy atom. The molecule has 0 saturated heterocycles. The Morgan fingerprint density at radius 3 is 2.60 bits per heavy atom. The van der Waals surface area contributed by atoms with Crippen LogP contribution in [-0.4, -0.2) is 7.85 Å². The van der Waals surface area contributed by atoms with Crippen LogP contribution in [0.5, 0.6) is 0 Å². The van der Waals surface area contributed by atoms with Gasteiger partial charge in [0.2, 0.25) is 0 Å². The van der Waals surface area contributed by atoms with E-state index in [1.807, 2.05) is 0 Å². The third kappa shape index (κ3) is 0.990. The molecule has 3 heteroatoms. The van der Waals surface area contributed by atoms with Crippen LogP contribution in [0.2, 0.25) is 0 Å². The second-order valence-electron chi connectivity index (χ2n) is 2.18. The molecule has 0 bridgehead atoms. The summed E-state index contributed by atoms with van der Waals surface area (Å²) in [6.45, 7) is 1.60. The monoisotopic (exact) mass is 135 g/mol. The average molecular weight is 135 g/mol. The summed E-state index contributed by atoms with van der Waals surface area (Å²) in [5.74, 6) is -0.417. The highest BCUT2D eigenvalue weighted by atomic mass is 19.1. The summed E-state index contributed by atoms with van der Waals surface area (Å²) < 4.78 is 12.8. The van der Waals surface area contributed by atoms with E-state index in [2.05, 4.69) is 0 Å². The van der Waals surface area contributed by atoms with Crippen molar-refractivity contribution in [3.8, 4) is 0 Å². The third-order valence-electron chi connectivity index (χ3n) is 1.46. The Hall–Kier alpha value is -0.985. The lowest BCUT2D eigenvalue weighted by molar-refractivity contribution is 0.628. The summed E-state index contributed by atoms with van der Waals surface area (Å²) in [5.41, 5.74) is 6.39. The number of halogens is 1. The molecule has 0 saturated carbocycles. The molecule has 0 atom stereocenters. The number of benzene rings is 1. The van der Waals surface area contributed by atoms with Gasteiger partial charge in [-0.2, -0.15) is 0 Å². The fourth-order valence-electron chi connectivity index (χ4n) is 0.721. The van der Waals surface area contributed by atoms with Crippen LogP contribution in [0, 0.1) is 12.7 Å². The van der Waals surface area contributed by atoms with Gasteiger partial charge in [-0.1, -0.05) is 11.5 Å². The molecule has 0 amide bonds. The van der Waals surface area contributed by atoms with Gasteiger partial charge < -0.3 is 5.73 Å². The van der Waals surface area contributed by atoms with Crippen LogP contribution in [-0.2, 0) is 0 Å². The van der Waals surface area contributed by atoms with Crippen molar-refractivity contribution in [2.45, 2.75) is 6.92 Å². The number of hydrogen-bond acceptors (Lipinski definition) is 1. The summed E-state index contributed by atoms with van der Waals surface area (Å²) in [5, 5.41) is 0. The van der Waals surface area contributed by atoms with Crippen molar-refractivity contribution in [3.63, 3.8) is 0 Å². The molecule has 2 radical (unpaired) electrons. The molecule has 1 aromatic rings. The van der Waals surface area contributed by atoms with Crippen LogP contribution >= 0.6 is 0 Å². The smallest absolute Gasteiger partial charge is 0.121 e. The summed E-state index contributed by atoms with van der Waals surface area (Å²) in [7, 11) is 5.26. The van der Waals surface area contributed by atoms with Crippen molar-refractivity contribution in [1.82, 2.24) is 0 Å². The van der Waals surface area contributed by atoms with E-state index < -0.39 is 5.82 Å². The predicted molar refractivity (Wildman–Crippen MR) is 40.9 cm³/mol. The van der Waals surface area contributed by atoms with E-state index in [-0.39, 0.29) is 5.46 Å². The van der Waals surface area contributed by atoms with E-state index in [9.17, 15) is 4.39 Å². The number of anilines is 1. The summed E-state index contributed by atoms with van der Waals surface area (Å²) in [4.78, 5) is 0. The van der Waals surface area contributed by atoms with Crippen LogP contribution in [0.3, 0.4) is 0 Å². The third-order valence-corrected chi connectivity index (χ3v) is 1.46. The number of rotatable bonds is 0. The molecule has 0 aromatic heterocycles. The van der Waals surface area contributed by atoms with Crippen molar-refractivity contribution < 1.29 is 4.39 Å². The van der Waals surface area contributed by atoms with Crippen LogP contribution in [0.1, 0.15) is 5.56 Å². The lowest BCUT2D eigenvalue weighted by Crippen LogP contribution is -2.11. The normalized spacial score (nSPS) is 9.80. The van der Waals surface area contributed by atoms with Crippen molar-refractivity contribution >= 4 is 19.0 Å². The van der Waals surface area contributed by atoms with E-state index in [1.54, 1.807) is 13.0 Å². The van der Waals surface area contributed by atoms with Gasteiger partial charge in [0.05, 0.1) is 0 Å². The van der Waals surface area contributed by atoms with E-state index in [1.165, 1.54) is 6.07 Å². The van der Waals surface area contributed by atoms with Gasteiger partial charge >= 0.3 is 0 Å². The highest BCUT2D eigenvalue weighted by Gasteiger charge is 2.01. The molecule has 1 nitrogen and oxygen atoms in total. The largest absolute Gasteiger partial charge is 0.398 e. The van der Waals surface area contributed by atoms with Crippen LogP contribution < -0.4 is 11.2 Å². The van der Waals surface area contributed by atoms with Gasteiger partial charge in [0.15, 0.2) is 0 Å². The maximum atomic E-state index is 12.8. The minimum Gasteiger partial charge on any atom is -0.398 e. The number of nitrogens with two attached hydrogens (primary N) is 1. The number of hydrogen-bond donors (Lipinski definition) is 1. The Balaban J connectivity index is 3.34. The van der Waals surface area contributed by atoms with Crippen molar-refractivity contribution in [1.29, 1.82) is 0 Å². The first-order chi connectivity index (χ1) is 4.63. The van der Waals surface area contributed by atoms with Gasteiger partial charge in [0, 0.05) is 11.3 Å².